The number of terminal acetylenes is 1. The van der Waals surface area contributed by atoms with E-state index in [0.29, 0.717) is 12.0 Å². The molecule has 1 aromatic carbocycles. The number of aromatic hydroxyl groups is 1. The lowest BCUT2D eigenvalue weighted by Crippen LogP contribution is -1.98. The highest BCUT2D eigenvalue weighted by molar-refractivity contribution is 5.82. The minimum Gasteiger partial charge on any atom is -0.504 e. The highest BCUT2D eigenvalue weighted by Crippen LogP contribution is 2.38. The molecule has 0 radical (unpaired) electrons. The average Bonchev–Trinajstić information content (AvgIpc) is 2.26. The van der Waals surface area contributed by atoms with Crippen molar-refractivity contribution in [2.75, 3.05) is 13.7 Å². The van der Waals surface area contributed by atoms with Crippen molar-refractivity contribution >= 4 is 6.29 Å². The fraction of sp³-hybridized carbons (Fsp3) is 0.182. The van der Waals surface area contributed by atoms with Gasteiger partial charge in [-0.25, -0.2) is 0 Å². The number of hydrogen-bond donors (Lipinski definition) is 1. The van der Waals surface area contributed by atoms with Gasteiger partial charge in [0, 0.05) is 0 Å². The molecule has 0 aromatic heterocycles. The van der Waals surface area contributed by atoms with Crippen LogP contribution in [0.25, 0.3) is 0 Å². The molecule has 0 amide bonds. The summed E-state index contributed by atoms with van der Waals surface area (Å²) in [7, 11) is 1.37. The molecule has 4 heteroatoms. The molecule has 1 rings (SSSR count). The maximum Gasteiger partial charge on any atom is 0.203 e. The van der Waals surface area contributed by atoms with Gasteiger partial charge >= 0.3 is 0 Å². The molecular weight excluding hydrogens is 196 g/mol. The third kappa shape index (κ3) is 2.20. The molecule has 1 aromatic rings. The van der Waals surface area contributed by atoms with Crippen molar-refractivity contribution in [3.05, 3.63) is 17.7 Å². The first kappa shape index (κ1) is 10.9. The Labute approximate surface area is 87.4 Å². The van der Waals surface area contributed by atoms with Crippen LogP contribution in [0.15, 0.2) is 12.1 Å². The van der Waals surface area contributed by atoms with Crippen molar-refractivity contribution in [3.8, 4) is 29.6 Å². The lowest BCUT2D eigenvalue weighted by Gasteiger charge is -2.10. The van der Waals surface area contributed by atoms with E-state index in [1.54, 1.807) is 0 Å². The summed E-state index contributed by atoms with van der Waals surface area (Å²) >= 11 is 0. The molecule has 0 saturated carbocycles. The topological polar surface area (TPSA) is 55.8 Å². The minimum atomic E-state index is -0.248. The second kappa shape index (κ2) is 4.91. The molecule has 0 saturated heterocycles. The van der Waals surface area contributed by atoms with Gasteiger partial charge in [0.15, 0.2) is 17.8 Å². The van der Waals surface area contributed by atoms with E-state index in [1.165, 1.54) is 19.2 Å². The van der Waals surface area contributed by atoms with Gasteiger partial charge < -0.3 is 14.6 Å². The Bertz CT molecular complexity index is 404. The Balaban J connectivity index is 3.13. The fourth-order valence-corrected chi connectivity index (χ4v) is 1.09. The summed E-state index contributed by atoms with van der Waals surface area (Å²) in [5, 5.41) is 9.58. The van der Waals surface area contributed by atoms with E-state index in [0.717, 1.165) is 0 Å². The number of phenolic OH excluding ortho intramolecular Hbond substituents is 1. The molecule has 0 aliphatic carbocycles. The van der Waals surface area contributed by atoms with Crippen molar-refractivity contribution in [2.24, 2.45) is 0 Å². The largest absolute Gasteiger partial charge is 0.504 e. The highest BCUT2D eigenvalue weighted by Gasteiger charge is 2.13. The van der Waals surface area contributed by atoms with Crippen molar-refractivity contribution in [2.45, 2.75) is 0 Å². The van der Waals surface area contributed by atoms with Crippen LogP contribution in [0.3, 0.4) is 0 Å². The normalized spacial score (nSPS) is 9.07. The second-order valence-corrected chi connectivity index (χ2v) is 2.65. The molecule has 0 unspecified atom stereocenters. The minimum absolute atomic E-state index is 0.0657. The second-order valence-electron chi connectivity index (χ2n) is 2.65. The molecule has 0 spiro atoms. The molecule has 0 heterocycles. The van der Waals surface area contributed by atoms with E-state index in [-0.39, 0.29) is 23.7 Å². The smallest absolute Gasteiger partial charge is 0.203 e. The van der Waals surface area contributed by atoms with E-state index in [1.807, 2.05) is 0 Å². The number of aldehydes is 1. The standard InChI is InChI=1S/C11H10O4/c1-3-6-15-9-5-4-8(7-12)10(13)11(9)14-2/h1,4-5,7,13H,6H2,2H3. The van der Waals surface area contributed by atoms with Crippen molar-refractivity contribution in [3.63, 3.8) is 0 Å². The predicted octanol–water partition coefficient (Wildman–Crippen LogP) is 1.23. The van der Waals surface area contributed by atoms with Gasteiger partial charge in [-0.2, -0.15) is 0 Å². The average molecular weight is 206 g/mol. The molecule has 1 N–H and O–H groups in total. The Morgan fingerprint density at radius 2 is 2.33 bits per heavy atom. The van der Waals surface area contributed by atoms with Crippen LogP contribution >= 0.6 is 0 Å². The van der Waals surface area contributed by atoms with E-state index in [2.05, 4.69) is 5.92 Å². The zero-order valence-corrected chi connectivity index (χ0v) is 8.19. The first-order valence-corrected chi connectivity index (χ1v) is 4.16. The van der Waals surface area contributed by atoms with E-state index >= 15 is 0 Å². The summed E-state index contributed by atoms with van der Waals surface area (Å²) < 4.78 is 10.0. The Kier molecular flexibility index (Phi) is 3.58. The predicted molar refractivity (Wildman–Crippen MR) is 54.4 cm³/mol. The summed E-state index contributed by atoms with van der Waals surface area (Å²) in [6.45, 7) is 0.0657. The van der Waals surface area contributed by atoms with Gasteiger partial charge in [0.2, 0.25) is 5.75 Å². The number of carbonyl (C=O) groups excluding carboxylic acids is 1. The molecule has 0 atom stereocenters. The summed E-state index contributed by atoms with van der Waals surface area (Å²) in [5.41, 5.74) is 0.139. The lowest BCUT2D eigenvalue weighted by molar-refractivity contribution is 0.112. The first-order chi connectivity index (χ1) is 7.24. The van der Waals surface area contributed by atoms with Gasteiger partial charge in [-0.15, -0.1) is 6.42 Å². The van der Waals surface area contributed by atoms with Gasteiger partial charge in [-0.3, -0.25) is 4.79 Å². The number of ether oxygens (including phenoxy) is 2. The molecular formula is C11H10O4. The van der Waals surface area contributed by atoms with Crippen LogP contribution in [0.5, 0.6) is 17.2 Å². The van der Waals surface area contributed by atoms with Crippen molar-refractivity contribution in [1.29, 1.82) is 0 Å². The third-order valence-corrected chi connectivity index (χ3v) is 1.77. The number of hydrogen-bond acceptors (Lipinski definition) is 4. The quantitative estimate of drug-likeness (QED) is 0.594. The van der Waals surface area contributed by atoms with Gasteiger partial charge in [0.05, 0.1) is 12.7 Å². The van der Waals surface area contributed by atoms with Crippen LogP contribution in [0.2, 0.25) is 0 Å². The number of phenols is 1. The number of methoxy groups -OCH3 is 1. The summed E-state index contributed by atoms with van der Waals surface area (Å²) in [6, 6.07) is 2.94. The molecule has 0 aliphatic rings. The Morgan fingerprint density at radius 1 is 1.60 bits per heavy atom. The lowest BCUT2D eigenvalue weighted by atomic mass is 10.2. The number of rotatable bonds is 4. The van der Waals surface area contributed by atoms with Crippen LogP contribution in [-0.2, 0) is 0 Å². The van der Waals surface area contributed by atoms with Crippen molar-refractivity contribution < 1.29 is 19.4 Å². The molecule has 4 nitrogen and oxygen atoms in total. The van der Waals surface area contributed by atoms with Crippen LogP contribution in [0.4, 0.5) is 0 Å². The maximum atomic E-state index is 10.5. The van der Waals surface area contributed by atoms with Gasteiger partial charge in [-0.1, -0.05) is 5.92 Å². The molecule has 0 fully saturated rings. The Hall–Kier alpha value is -2.15. The van der Waals surface area contributed by atoms with Gasteiger partial charge in [-0.05, 0) is 12.1 Å². The number of benzene rings is 1. The maximum absolute atomic E-state index is 10.5. The molecule has 0 aliphatic heterocycles. The summed E-state index contributed by atoms with van der Waals surface area (Å²) in [4.78, 5) is 10.5. The first-order valence-electron chi connectivity index (χ1n) is 4.16. The van der Waals surface area contributed by atoms with Crippen LogP contribution in [-0.4, -0.2) is 25.1 Å². The monoisotopic (exact) mass is 206 g/mol. The van der Waals surface area contributed by atoms with Crippen LogP contribution in [0, 0.1) is 12.3 Å². The highest BCUT2D eigenvalue weighted by atomic mass is 16.5. The fourth-order valence-electron chi connectivity index (χ4n) is 1.09. The molecule has 0 bridgehead atoms. The van der Waals surface area contributed by atoms with E-state index in [9.17, 15) is 9.90 Å². The summed E-state index contributed by atoms with van der Waals surface area (Å²) in [5.74, 6) is 2.45. The zero-order chi connectivity index (χ0) is 11.3. The number of carbonyl (C=O) groups is 1. The van der Waals surface area contributed by atoms with E-state index in [4.69, 9.17) is 15.9 Å². The zero-order valence-electron chi connectivity index (χ0n) is 8.19. The molecule has 15 heavy (non-hydrogen) atoms. The third-order valence-electron chi connectivity index (χ3n) is 1.77. The summed E-state index contributed by atoms with van der Waals surface area (Å²) in [6.07, 6.45) is 5.56. The van der Waals surface area contributed by atoms with Crippen molar-refractivity contribution in [1.82, 2.24) is 0 Å². The van der Waals surface area contributed by atoms with Crippen LogP contribution < -0.4 is 9.47 Å². The van der Waals surface area contributed by atoms with Crippen LogP contribution in [0.1, 0.15) is 10.4 Å². The molecule has 78 valence electrons. The van der Waals surface area contributed by atoms with Gasteiger partial charge in [0.25, 0.3) is 0 Å². The SMILES string of the molecule is C#CCOc1ccc(C=O)c(O)c1OC. The van der Waals surface area contributed by atoms with Gasteiger partial charge in [0.1, 0.15) is 6.61 Å². The van der Waals surface area contributed by atoms with E-state index < -0.39 is 0 Å². The Morgan fingerprint density at radius 3 is 2.87 bits per heavy atom.